The van der Waals surface area contributed by atoms with Gasteiger partial charge in [-0.3, -0.25) is 4.79 Å². The summed E-state index contributed by atoms with van der Waals surface area (Å²) in [5.41, 5.74) is 5.21. The Bertz CT molecular complexity index is 1610. The van der Waals surface area contributed by atoms with Crippen molar-refractivity contribution in [1.29, 1.82) is 0 Å². The van der Waals surface area contributed by atoms with Crippen LogP contribution < -0.4 is 10.2 Å². The van der Waals surface area contributed by atoms with E-state index in [-0.39, 0.29) is 12.5 Å². The van der Waals surface area contributed by atoms with Gasteiger partial charge in [-0.2, -0.15) is 5.10 Å². The molecule has 0 unspecified atom stereocenters. The summed E-state index contributed by atoms with van der Waals surface area (Å²) in [5.74, 6) is 1.22. The first kappa shape index (κ1) is 24.8. The Labute approximate surface area is 227 Å². The SMILES string of the molecule is O=C(N/N=C/c1ccc(COc2ccc(Cl)c(Cl)c2)o1)c1cc(-c2ccc(Cl)cc2)nc2ccccc12. The molecular weight excluding hydrogens is 533 g/mol. The highest BCUT2D eigenvalue weighted by atomic mass is 35.5. The van der Waals surface area contributed by atoms with Gasteiger partial charge in [0.2, 0.25) is 0 Å². The Morgan fingerprint density at radius 1 is 0.946 bits per heavy atom. The first-order chi connectivity index (χ1) is 18.0. The normalized spacial score (nSPS) is 11.2. The molecule has 0 spiro atoms. The number of halogens is 3. The highest BCUT2D eigenvalue weighted by Gasteiger charge is 2.14. The molecule has 0 aliphatic carbocycles. The lowest BCUT2D eigenvalue weighted by atomic mass is 10.0. The summed E-state index contributed by atoms with van der Waals surface area (Å²) in [6, 6.07) is 25.0. The summed E-state index contributed by atoms with van der Waals surface area (Å²) in [4.78, 5) is 17.8. The van der Waals surface area contributed by atoms with E-state index in [0.29, 0.717) is 54.5 Å². The maximum atomic E-state index is 13.1. The minimum Gasteiger partial charge on any atom is -0.486 e. The van der Waals surface area contributed by atoms with Crippen molar-refractivity contribution >= 4 is 57.8 Å². The molecule has 0 atom stereocenters. The summed E-state index contributed by atoms with van der Waals surface area (Å²) >= 11 is 17.9. The average Bonchev–Trinajstić information content (AvgIpc) is 3.36. The van der Waals surface area contributed by atoms with Gasteiger partial charge in [0.25, 0.3) is 5.91 Å². The van der Waals surface area contributed by atoms with Crippen molar-refractivity contribution < 1.29 is 13.9 Å². The highest BCUT2D eigenvalue weighted by molar-refractivity contribution is 6.42. The molecule has 1 N–H and O–H groups in total. The zero-order chi connectivity index (χ0) is 25.8. The van der Waals surface area contributed by atoms with Crippen molar-refractivity contribution in [3.63, 3.8) is 0 Å². The molecule has 37 heavy (non-hydrogen) atoms. The number of nitrogens with one attached hydrogen (secondary N) is 1. The molecular formula is C28H18Cl3N3O3. The van der Waals surface area contributed by atoms with Crippen molar-refractivity contribution in [3.05, 3.63) is 117 Å². The van der Waals surface area contributed by atoms with Crippen molar-refractivity contribution in [2.24, 2.45) is 5.10 Å². The van der Waals surface area contributed by atoms with Crippen LogP contribution in [0.5, 0.6) is 5.75 Å². The minimum atomic E-state index is -0.375. The van der Waals surface area contributed by atoms with E-state index in [2.05, 4.69) is 10.5 Å². The third-order valence-corrected chi connectivity index (χ3v) is 6.40. The predicted octanol–water partition coefficient (Wildman–Crippen LogP) is 7.80. The second-order valence-electron chi connectivity index (χ2n) is 7.95. The van der Waals surface area contributed by atoms with Crippen LogP contribution in [0.15, 0.2) is 94.4 Å². The van der Waals surface area contributed by atoms with E-state index in [4.69, 9.17) is 48.9 Å². The van der Waals surface area contributed by atoms with Crippen molar-refractivity contribution in [3.8, 4) is 17.0 Å². The second-order valence-corrected chi connectivity index (χ2v) is 9.20. The van der Waals surface area contributed by atoms with E-state index < -0.39 is 0 Å². The van der Waals surface area contributed by atoms with E-state index >= 15 is 0 Å². The van der Waals surface area contributed by atoms with Crippen LogP contribution in [-0.4, -0.2) is 17.1 Å². The quantitative estimate of drug-likeness (QED) is 0.166. The summed E-state index contributed by atoms with van der Waals surface area (Å²) in [6.45, 7) is 0.189. The number of hydrogen-bond acceptors (Lipinski definition) is 5. The van der Waals surface area contributed by atoms with E-state index in [1.165, 1.54) is 6.21 Å². The first-order valence-electron chi connectivity index (χ1n) is 11.1. The zero-order valence-corrected chi connectivity index (χ0v) is 21.4. The molecule has 6 nitrogen and oxygen atoms in total. The third kappa shape index (κ3) is 5.94. The Kier molecular flexibility index (Phi) is 7.42. The minimum absolute atomic E-state index is 0.189. The van der Waals surface area contributed by atoms with Crippen LogP contribution in [0, 0.1) is 0 Å². The lowest BCUT2D eigenvalue weighted by Gasteiger charge is -2.09. The fourth-order valence-corrected chi connectivity index (χ4v) is 4.02. The van der Waals surface area contributed by atoms with Gasteiger partial charge in [0.15, 0.2) is 0 Å². The molecule has 3 aromatic carbocycles. The number of benzene rings is 3. The van der Waals surface area contributed by atoms with Gasteiger partial charge in [0.05, 0.1) is 33.0 Å². The topological polar surface area (TPSA) is 76.7 Å². The molecule has 1 amide bonds. The van der Waals surface area contributed by atoms with Gasteiger partial charge in [-0.05, 0) is 48.5 Å². The molecule has 5 rings (SSSR count). The molecule has 0 radical (unpaired) electrons. The van der Waals surface area contributed by atoms with Gasteiger partial charge in [0, 0.05) is 22.0 Å². The van der Waals surface area contributed by atoms with Crippen LogP contribution in [0.2, 0.25) is 15.1 Å². The van der Waals surface area contributed by atoms with E-state index in [1.54, 1.807) is 48.5 Å². The smallest absolute Gasteiger partial charge is 0.272 e. The summed E-state index contributed by atoms with van der Waals surface area (Å²) < 4.78 is 11.4. The van der Waals surface area contributed by atoms with E-state index in [9.17, 15) is 4.79 Å². The Hall–Kier alpha value is -3.84. The van der Waals surface area contributed by atoms with Gasteiger partial charge in [-0.1, -0.05) is 65.1 Å². The standard InChI is InChI=1S/C28H18Cl3N3O3/c29-18-7-5-17(6-8-18)27-14-23(22-3-1-2-4-26(22)33-27)28(35)34-32-15-20-9-10-21(37-20)16-36-19-11-12-24(30)25(31)13-19/h1-15H,16H2,(H,34,35)/b32-15+. The number of furan rings is 1. The number of carbonyl (C=O) groups excluding carboxylic acids is 1. The molecule has 0 aliphatic rings. The number of para-hydroxylation sites is 1. The molecule has 184 valence electrons. The first-order valence-corrected chi connectivity index (χ1v) is 12.3. The Morgan fingerprint density at radius 3 is 2.57 bits per heavy atom. The molecule has 0 fully saturated rings. The van der Waals surface area contributed by atoms with Crippen LogP contribution in [0.4, 0.5) is 0 Å². The lowest BCUT2D eigenvalue weighted by molar-refractivity contribution is 0.0956. The number of rotatable bonds is 7. The van der Waals surface area contributed by atoms with Gasteiger partial charge in [-0.25, -0.2) is 10.4 Å². The van der Waals surface area contributed by atoms with Gasteiger partial charge >= 0.3 is 0 Å². The number of hydrogen-bond donors (Lipinski definition) is 1. The van der Waals surface area contributed by atoms with E-state index in [0.717, 1.165) is 5.56 Å². The Morgan fingerprint density at radius 2 is 1.76 bits per heavy atom. The number of fused-ring (bicyclic) bond motifs is 1. The lowest BCUT2D eigenvalue weighted by Crippen LogP contribution is -2.18. The molecule has 0 saturated heterocycles. The van der Waals surface area contributed by atoms with Crippen LogP contribution in [0.1, 0.15) is 21.9 Å². The van der Waals surface area contributed by atoms with E-state index in [1.807, 2.05) is 36.4 Å². The molecule has 0 bridgehead atoms. The maximum absolute atomic E-state index is 13.1. The fraction of sp³-hybridized carbons (Fsp3) is 0.0357. The number of hydrazone groups is 1. The molecule has 5 aromatic rings. The summed E-state index contributed by atoms with van der Waals surface area (Å²) in [7, 11) is 0. The number of pyridine rings is 1. The number of carbonyl (C=O) groups is 1. The number of nitrogens with zero attached hydrogens (tertiary/aromatic N) is 2. The van der Waals surface area contributed by atoms with Gasteiger partial charge in [-0.15, -0.1) is 0 Å². The Balaban J connectivity index is 1.28. The number of ether oxygens (including phenoxy) is 1. The molecule has 2 heterocycles. The number of amides is 1. The van der Waals surface area contributed by atoms with Crippen LogP contribution in [0.3, 0.4) is 0 Å². The summed E-state index contributed by atoms with van der Waals surface area (Å²) in [5, 5.41) is 6.26. The molecule has 0 saturated carbocycles. The van der Waals surface area contributed by atoms with Crippen LogP contribution in [0.25, 0.3) is 22.2 Å². The van der Waals surface area contributed by atoms with Crippen LogP contribution >= 0.6 is 34.8 Å². The van der Waals surface area contributed by atoms with Crippen molar-refractivity contribution in [1.82, 2.24) is 10.4 Å². The second kappa shape index (κ2) is 11.0. The van der Waals surface area contributed by atoms with Gasteiger partial charge in [0.1, 0.15) is 23.9 Å². The van der Waals surface area contributed by atoms with Crippen LogP contribution in [-0.2, 0) is 6.61 Å². The molecule has 2 aromatic heterocycles. The third-order valence-electron chi connectivity index (χ3n) is 5.41. The average molecular weight is 551 g/mol. The maximum Gasteiger partial charge on any atom is 0.272 e. The monoisotopic (exact) mass is 549 g/mol. The largest absolute Gasteiger partial charge is 0.486 e. The summed E-state index contributed by atoms with van der Waals surface area (Å²) in [6.07, 6.45) is 1.42. The predicted molar refractivity (Wildman–Crippen MR) is 147 cm³/mol. The number of aromatic nitrogens is 1. The van der Waals surface area contributed by atoms with Gasteiger partial charge < -0.3 is 9.15 Å². The van der Waals surface area contributed by atoms with Crippen molar-refractivity contribution in [2.45, 2.75) is 6.61 Å². The highest BCUT2D eigenvalue weighted by Crippen LogP contribution is 2.27. The molecule has 0 aliphatic heterocycles. The fourth-order valence-electron chi connectivity index (χ4n) is 3.61. The zero-order valence-electron chi connectivity index (χ0n) is 19.1. The van der Waals surface area contributed by atoms with Crippen molar-refractivity contribution in [2.75, 3.05) is 0 Å². The molecule has 9 heteroatoms.